The van der Waals surface area contributed by atoms with Gasteiger partial charge >= 0.3 is 0 Å². The molecular weight excluding hydrogens is 414 g/mol. The normalized spacial score (nSPS) is 16.6. The minimum atomic E-state index is -3.57. The maximum atomic E-state index is 13.5. The standard InChI is InChI=1S/C24H31NO5S/c1-18(24(2)13-21(26)14-24)17-31(27,28)25(15-19-5-9-22(29-3)10-6-19)16-20-7-11-23(30-4)12-8-20/h5-12,18H,13-17H2,1-4H3/t18-/m1/s1. The number of ketones is 1. The van der Waals surface area contributed by atoms with Crippen LogP contribution < -0.4 is 9.47 Å². The number of hydrogen-bond acceptors (Lipinski definition) is 5. The lowest BCUT2D eigenvalue weighted by atomic mass is 9.63. The first-order valence-corrected chi connectivity index (χ1v) is 12.0. The van der Waals surface area contributed by atoms with Crippen LogP contribution in [0.4, 0.5) is 0 Å². The summed E-state index contributed by atoms with van der Waals surface area (Å²) in [6.07, 6.45) is 0.918. The Morgan fingerprint density at radius 2 is 1.32 bits per heavy atom. The Kier molecular flexibility index (Phi) is 7.06. The number of carbonyl (C=O) groups excluding carboxylic acids is 1. The second kappa shape index (κ2) is 9.40. The van der Waals surface area contributed by atoms with Crippen LogP contribution in [0.3, 0.4) is 0 Å². The summed E-state index contributed by atoms with van der Waals surface area (Å²) in [5.74, 6) is 1.57. The highest BCUT2D eigenvalue weighted by Gasteiger charge is 2.45. The number of nitrogens with zero attached hydrogens (tertiary/aromatic N) is 1. The second-order valence-electron chi connectivity index (χ2n) is 8.69. The number of rotatable bonds is 10. The fraction of sp³-hybridized carbons (Fsp3) is 0.458. The van der Waals surface area contributed by atoms with Gasteiger partial charge in [0, 0.05) is 25.9 Å². The number of ether oxygens (including phenoxy) is 2. The van der Waals surface area contributed by atoms with Gasteiger partial charge in [-0.15, -0.1) is 0 Å². The van der Waals surface area contributed by atoms with Gasteiger partial charge in [-0.2, -0.15) is 4.31 Å². The Labute approximate surface area is 185 Å². The molecule has 0 heterocycles. The topological polar surface area (TPSA) is 72.9 Å². The molecule has 3 rings (SSSR count). The Bertz CT molecular complexity index is 942. The molecule has 31 heavy (non-hydrogen) atoms. The van der Waals surface area contributed by atoms with E-state index in [1.807, 2.05) is 62.4 Å². The van der Waals surface area contributed by atoms with Crippen LogP contribution in [0, 0.1) is 11.3 Å². The lowest BCUT2D eigenvalue weighted by Crippen LogP contribution is -2.44. The van der Waals surface area contributed by atoms with Crippen LogP contribution >= 0.6 is 0 Å². The van der Waals surface area contributed by atoms with Crippen LogP contribution in [0.2, 0.25) is 0 Å². The first-order chi connectivity index (χ1) is 14.6. The number of benzene rings is 2. The maximum absolute atomic E-state index is 13.5. The van der Waals surface area contributed by atoms with E-state index in [1.54, 1.807) is 14.2 Å². The maximum Gasteiger partial charge on any atom is 0.214 e. The van der Waals surface area contributed by atoms with Crippen LogP contribution in [-0.2, 0) is 27.9 Å². The van der Waals surface area contributed by atoms with Crippen molar-refractivity contribution in [2.24, 2.45) is 11.3 Å². The van der Waals surface area contributed by atoms with Gasteiger partial charge in [0.2, 0.25) is 10.0 Å². The molecule has 0 amide bonds. The fourth-order valence-electron chi connectivity index (χ4n) is 3.94. The summed E-state index contributed by atoms with van der Waals surface area (Å²) in [7, 11) is -0.367. The van der Waals surface area contributed by atoms with Crippen molar-refractivity contribution >= 4 is 15.8 Å². The molecule has 2 aromatic carbocycles. The first kappa shape index (κ1) is 23.3. The largest absolute Gasteiger partial charge is 0.497 e. The van der Waals surface area contributed by atoms with Crippen molar-refractivity contribution in [2.45, 2.75) is 39.8 Å². The Balaban J connectivity index is 1.82. The molecule has 1 saturated carbocycles. The Morgan fingerprint density at radius 1 is 0.903 bits per heavy atom. The summed E-state index contributed by atoms with van der Waals surface area (Å²) in [6, 6.07) is 14.8. The third-order valence-electron chi connectivity index (χ3n) is 6.28. The zero-order valence-corrected chi connectivity index (χ0v) is 19.4. The Hall–Kier alpha value is -2.38. The first-order valence-electron chi connectivity index (χ1n) is 10.4. The fourth-order valence-corrected chi connectivity index (χ4v) is 5.88. The summed E-state index contributed by atoms with van der Waals surface area (Å²) in [4.78, 5) is 11.5. The lowest BCUT2D eigenvalue weighted by Gasteiger charge is -2.42. The second-order valence-corrected chi connectivity index (χ2v) is 10.7. The van der Waals surface area contributed by atoms with Crippen molar-refractivity contribution in [3.63, 3.8) is 0 Å². The summed E-state index contributed by atoms with van der Waals surface area (Å²) >= 11 is 0. The molecule has 1 aliphatic rings. The molecule has 1 atom stereocenters. The smallest absolute Gasteiger partial charge is 0.214 e. The number of hydrogen-bond donors (Lipinski definition) is 0. The van der Waals surface area contributed by atoms with Gasteiger partial charge in [-0.25, -0.2) is 8.42 Å². The third kappa shape index (κ3) is 5.66. The number of sulfonamides is 1. The zero-order chi connectivity index (χ0) is 22.6. The molecule has 0 aromatic heterocycles. The minimum absolute atomic E-state index is 0.0170. The number of Topliss-reactive ketones (excluding diaryl/α,β-unsaturated/α-hetero) is 1. The van der Waals surface area contributed by atoms with Gasteiger partial charge in [0.15, 0.2) is 0 Å². The highest BCUT2D eigenvalue weighted by Crippen LogP contribution is 2.45. The molecule has 1 fully saturated rings. The quantitative estimate of drug-likeness (QED) is 0.552. The average molecular weight is 446 g/mol. The van der Waals surface area contributed by atoms with Crippen molar-refractivity contribution in [3.8, 4) is 11.5 Å². The van der Waals surface area contributed by atoms with E-state index < -0.39 is 10.0 Å². The van der Waals surface area contributed by atoms with E-state index in [9.17, 15) is 13.2 Å². The zero-order valence-electron chi connectivity index (χ0n) is 18.6. The average Bonchev–Trinajstić information content (AvgIpc) is 2.73. The molecule has 0 spiro atoms. The summed E-state index contributed by atoms with van der Waals surface area (Å²) in [5, 5.41) is 0. The van der Waals surface area contributed by atoms with Crippen LogP contribution in [0.25, 0.3) is 0 Å². The van der Waals surface area contributed by atoms with Gasteiger partial charge in [0.05, 0.1) is 20.0 Å². The van der Waals surface area contributed by atoms with Gasteiger partial charge in [-0.05, 0) is 46.7 Å². The van der Waals surface area contributed by atoms with E-state index in [0.717, 1.165) is 22.6 Å². The predicted molar refractivity (Wildman–Crippen MR) is 121 cm³/mol. The molecule has 0 N–H and O–H groups in total. The van der Waals surface area contributed by atoms with E-state index in [4.69, 9.17) is 9.47 Å². The number of carbonyl (C=O) groups is 1. The molecule has 0 bridgehead atoms. The molecule has 0 unspecified atom stereocenters. The molecule has 0 aliphatic heterocycles. The van der Waals surface area contributed by atoms with Crippen LogP contribution in [0.5, 0.6) is 11.5 Å². The van der Waals surface area contributed by atoms with Crippen LogP contribution in [0.15, 0.2) is 48.5 Å². The monoisotopic (exact) mass is 445 g/mol. The summed E-state index contributed by atoms with van der Waals surface area (Å²) < 4.78 is 38.8. The SMILES string of the molecule is COc1ccc(CN(Cc2ccc(OC)cc2)S(=O)(=O)C[C@@H](C)C2(C)CC(=O)C2)cc1. The Morgan fingerprint density at radius 3 is 1.68 bits per heavy atom. The highest BCUT2D eigenvalue weighted by molar-refractivity contribution is 7.89. The van der Waals surface area contributed by atoms with Gasteiger partial charge in [-0.3, -0.25) is 4.79 Å². The van der Waals surface area contributed by atoms with Gasteiger partial charge < -0.3 is 9.47 Å². The minimum Gasteiger partial charge on any atom is -0.497 e. The van der Waals surface area contributed by atoms with Crippen molar-refractivity contribution in [2.75, 3.05) is 20.0 Å². The van der Waals surface area contributed by atoms with E-state index in [2.05, 4.69) is 0 Å². The lowest BCUT2D eigenvalue weighted by molar-refractivity contribution is -0.134. The van der Waals surface area contributed by atoms with Gasteiger partial charge in [-0.1, -0.05) is 38.1 Å². The van der Waals surface area contributed by atoms with Crippen molar-refractivity contribution in [1.82, 2.24) is 4.31 Å². The van der Waals surface area contributed by atoms with E-state index in [-0.39, 0.29) is 36.0 Å². The molecular formula is C24H31NO5S. The van der Waals surface area contributed by atoms with Crippen molar-refractivity contribution in [3.05, 3.63) is 59.7 Å². The molecule has 2 aromatic rings. The molecule has 1 aliphatic carbocycles. The molecule has 0 radical (unpaired) electrons. The summed E-state index contributed by atoms with van der Waals surface area (Å²) in [5.41, 5.74) is 1.53. The molecule has 7 heteroatoms. The van der Waals surface area contributed by atoms with Crippen LogP contribution in [-0.4, -0.2) is 38.5 Å². The van der Waals surface area contributed by atoms with E-state index in [1.165, 1.54) is 4.31 Å². The van der Waals surface area contributed by atoms with Gasteiger partial charge in [0.1, 0.15) is 17.3 Å². The molecule has 6 nitrogen and oxygen atoms in total. The number of methoxy groups -OCH3 is 2. The highest BCUT2D eigenvalue weighted by atomic mass is 32.2. The van der Waals surface area contributed by atoms with Crippen molar-refractivity contribution in [1.29, 1.82) is 0 Å². The predicted octanol–water partition coefficient (Wildman–Crippen LogP) is 4.04. The van der Waals surface area contributed by atoms with E-state index in [0.29, 0.717) is 12.8 Å². The molecule has 168 valence electrons. The third-order valence-corrected chi connectivity index (χ3v) is 8.25. The van der Waals surface area contributed by atoms with Gasteiger partial charge in [0.25, 0.3) is 0 Å². The van der Waals surface area contributed by atoms with E-state index >= 15 is 0 Å². The van der Waals surface area contributed by atoms with Crippen LogP contribution in [0.1, 0.15) is 37.8 Å². The molecule has 0 saturated heterocycles. The van der Waals surface area contributed by atoms with Crippen molar-refractivity contribution < 1.29 is 22.7 Å². The summed E-state index contributed by atoms with van der Waals surface area (Å²) in [6.45, 7) is 4.47.